The van der Waals surface area contributed by atoms with Gasteiger partial charge in [-0.1, -0.05) is 30.4 Å². The maximum Gasteiger partial charge on any atom is 0.221 e. The van der Waals surface area contributed by atoms with Crippen LogP contribution < -0.4 is 4.74 Å². The third-order valence-electron chi connectivity index (χ3n) is 5.48. The Bertz CT molecular complexity index is 1030. The lowest BCUT2D eigenvalue weighted by Gasteiger charge is -2.20. The standard InChI is InChI=1S/C25H28N2O2/c1-27(2)15-14-20(24-13-8-16-29-24)19-11-7-12-23-22(19)17-21(25(26-23)28-3)18-9-5-4-6-10-18/h5,7-13,16-17,20H,4,6,14-15H2,1-3H3. The van der Waals surface area contributed by atoms with E-state index in [1.807, 2.05) is 6.07 Å². The minimum Gasteiger partial charge on any atom is -0.481 e. The van der Waals surface area contributed by atoms with Gasteiger partial charge in [0, 0.05) is 16.9 Å². The van der Waals surface area contributed by atoms with E-state index in [1.165, 1.54) is 11.1 Å². The molecule has 29 heavy (non-hydrogen) atoms. The molecular weight excluding hydrogens is 360 g/mol. The zero-order valence-corrected chi connectivity index (χ0v) is 17.4. The van der Waals surface area contributed by atoms with Crippen molar-refractivity contribution in [2.75, 3.05) is 27.7 Å². The van der Waals surface area contributed by atoms with Crippen molar-refractivity contribution < 1.29 is 9.15 Å². The minimum atomic E-state index is 0.176. The van der Waals surface area contributed by atoms with Gasteiger partial charge in [0.15, 0.2) is 0 Å². The third-order valence-corrected chi connectivity index (χ3v) is 5.48. The zero-order chi connectivity index (χ0) is 20.2. The number of allylic oxidation sites excluding steroid dienone is 4. The second-order valence-corrected chi connectivity index (χ2v) is 7.76. The summed E-state index contributed by atoms with van der Waals surface area (Å²) in [7, 11) is 5.90. The molecule has 4 nitrogen and oxygen atoms in total. The number of hydrogen-bond donors (Lipinski definition) is 0. The van der Waals surface area contributed by atoms with E-state index in [-0.39, 0.29) is 5.92 Å². The number of hydrogen-bond acceptors (Lipinski definition) is 4. The lowest BCUT2D eigenvalue weighted by molar-refractivity contribution is 0.374. The number of rotatable bonds is 7. The molecule has 0 bridgehead atoms. The highest BCUT2D eigenvalue weighted by Crippen LogP contribution is 2.37. The van der Waals surface area contributed by atoms with Gasteiger partial charge in [0.1, 0.15) is 5.76 Å². The summed E-state index contributed by atoms with van der Waals surface area (Å²) < 4.78 is 11.5. The zero-order valence-electron chi connectivity index (χ0n) is 17.4. The van der Waals surface area contributed by atoms with E-state index in [0.29, 0.717) is 5.88 Å². The maximum atomic E-state index is 5.84. The highest BCUT2D eigenvalue weighted by atomic mass is 16.5. The van der Waals surface area contributed by atoms with Crippen molar-refractivity contribution in [2.24, 2.45) is 0 Å². The fourth-order valence-electron chi connectivity index (χ4n) is 4.01. The molecular formula is C25H28N2O2. The van der Waals surface area contributed by atoms with E-state index >= 15 is 0 Å². The van der Waals surface area contributed by atoms with Crippen molar-refractivity contribution in [1.29, 1.82) is 0 Å². The fraction of sp³-hybridized carbons (Fsp3) is 0.320. The Morgan fingerprint density at radius 1 is 1.17 bits per heavy atom. The van der Waals surface area contributed by atoms with Crippen molar-refractivity contribution in [3.05, 3.63) is 77.8 Å². The van der Waals surface area contributed by atoms with E-state index < -0.39 is 0 Å². The van der Waals surface area contributed by atoms with Crippen LogP contribution in [0.1, 0.15) is 42.1 Å². The molecule has 1 aliphatic rings. The third kappa shape index (κ3) is 4.13. The highest BCUT2D eigenvalue weighted by molar-refractivity contribution is 5.90. The van der Waals surface area contributed by atoms with Crippen LogP contribution in [0.5, 0.6) is 5.88 Å². The lowest BCUT2D eigenvalue weighted by atomic mass is 9.88. The Labute approximate surface area is 172 Å². The molecule has 0 fully saturated rings. The van der Waals surface area contributed by atoms with E-state index in [0.717, 1.165) is 48.0 Å². The Hall–Kier alpha value is -2.85. The molecule has 0 N–H and O–H groups in total. The van der Waals surface area contributed by atoms with Gasteiger partial charge in [0.2, 0.25) is 5.88 Å². The molecule has 150 valence electrons. The Kier molecular flexibility index (Phi) is 5.81. The van der Waals surface area contributed by atoms with E-state index in [1.54, 1.807) is 13.4 Å². The summed E-state index contributed by atoms with van der Waals surface area (Å²) in [4.78, 5) is 7.06. The topological polar surface area (TPSA) is 38.5 Å². The number of furan rings is 1. The first-order valence-corrected chi connectivity index (χ1v) is 10.2. The highest BCUT2D eigenvalue weighted by Gasteiger charge is 2.21. The molecule has 2 heterocycles. The van der Waals surface area contributed by atoms with Crippen LogP contribution in [0.2, 0.25) is 0 Å². The molecule has 0 radical (unpaired) electrons. The molecule has 0 amide bonds. The minimum absolute atomic E-state index is 0.176. The van der Waals surface area contributed by atoms with E-state index in [2.05, 4.69) is 67.6 Å². The maximum absolute atomic E-state index is 5.84. The molecule has 1 aromatic carbocycles. The summed E-state index contributed by atoms with van der Waals surface area (Å²) in [6, 6.07) is 12.6. The Morgan fingerprint density at radius 2 is 2.07 bits per heavy atom. The van der Waals surface area contributed by atoms with Gasteiger partial charge in [-0.2, -0.15) is 0 Å². The molecule has 1 aliphatic carbocycles. The van der Waals surface area contributed by atoms with Gasteiger partial charge < -0.3 is 14.1 Å². The largest absolute Gasteiger partial charge is 0.481 e. The van der Waals surface area contributed by atoms with E-state index in [4.69, 9.17) is 14.1 Å². The molecule has 2 aromatic heterocycles. The number of methoxy groups -OCH3 is 1. The van der Waals surface area contributed by atoms with Gasteiger partial charge in [-0.3, -0.25) is 0 Å². The van der Waals surface area contributed by atoms with Crippen LogP contribution in [0.15, 0.2) is 65.3 Å². The van der Waals surface area contributed by atoms with Crippen molar-refractivity contribution in [3.8, 4) is 5.88 Å². The van der Waals surface area contributed by atoms with Gasteiger partial charge in [-0.15, -0.1) is 0 Å². The average molecular weight is 389 g/mol. The smallest absolute Gasteiger partial charge is 0.221 e. The van der Waals surface area contributed by atoms with Crippen LogP contribution in [0, 0.1) is 0 Å². The van der Waals surface area contributed by atoms with Gasteiger partial charge in [-0.25, -0.2) is 4.98 Å². The average Bonchev–Trinajstić information content (AvgIpc) is 3.28. The van der Waals surface area contributed by atoms with Crippen LogP contribution in [0.4, 0.5) is 0 Å². The number of pyridine rings is 1. The Balaban J connectivity index is 1.87. The number of ether oxygens (including phenoxy) is 1. The van der Waals surface area contributed by atoms with Crippen LogP contribution in [0.3, 0.4) is 0 Å². The summed E-state index contributed by atoms with van der Waals surface area (Å²) in [6.45, 7) is 0.978. The van der Waals surface area contributed by atoms with Gasteiger partial charge in [-0.05, 0) is 75.3 Å². The predicted molar refractivity (Wildman–Crippen MR) is 118 cm³/mol. The van der Waals surface area contributed by atoms with Crippen molar-refractivity contribution >= 4 is 16.5 Å². The number of aromatic nitrogens is 1. The van der Waals surface area contributed by atoms with Crippen LogP contribution in [-0.4, -0.2) is 37.6 Å². The molecule has 3 aromatic rings. The summed E-state index contributed by atoms with van der Waals surface area (Å²) in [6.07, 6.45) is 11.5. The molecule has 0 aliphatic heterocycles. The molecule has 0 saturated carbocycles. The molecule has 4 heteroatoms. The van der Waals surface area contributed by atoms with Crippen LogP contribution in [0.25, 0.3) is 16.5 Å². The van der Waals surface area contributed by atoms with Crippen molar-refractivity contribution in [1.82, 2.24) is 9.88 Å². The first-order chi connectivity index (χ1) is 14.2. The summed E-state index contributed by atoms with van der Waals surface area (Å²) in [5, 5.41) is 1.16. The van der Waals surface area contributed by atoms with Gasteiger partial charge in [0.05, 0.1) is 18.9 Å². The SMILES string of the molecule is COc1nc2cccc(C(CCN(C)C)c3ccco3)c2cc1C1=CCCC=C1. The Morgan fingerprint density at radius 3 is 2.76 bits per heavy atom. The summed E-state index contributed by atoms with van der Waals surface area (Å²) in [5.74, 6) is 1.85. The lowest BCUT2D eigenvalue weighted by Crippen LogP contribution is -2.16. The summed E-state index contributed by atoms with van der Waals surface area (Å²) >= 11 is 0. The predicted octanol–water partition coefficient (Wildman–Crippen LogP) is 5.65. The first kappa shape index (κ1) is 19.5. The monoisotopic (exact) mass is 388 g/mol. The number of nitrogens with zero attached hydrogens (tertiary/aromatic N) is 2. The molecule has 0 spiro atoms. The van der Waals surface area contributed by atoms with Crippen LogP contribution in [-0.2, 0) is 0 Å². The second-order valence-electron chi connectivity index (χ2n) is 7.76. The normalized spacial score (nSPS) is 15.0. The van der Waals surface area contributed by atoms with Gasteiger partial charge in [0.25, 0.3) is 0 Å². The van der Waals surface area contributed by atoms with Crippen molar-refractivity contribution in [2.45, 2.75) is 25.2 Å². The fourth-order valence-corrected chi connectivity index (χ4v) is 4.01. The number of benzene rings is 1. The molecule has 0 saturated heterocycles. The van der Waals surface area contributed by atoms with Gasteiger partial charge >= 0.3 is 0 Å². The molecule has 4 rings (SSSR count). The molecule has 1 atom stereocenters. The number of fused-ring (bicyclic) bond motifs is 1. The second kappa shape index (κ2) is 8.66. The van der Waals surface area contributed by atoms with E-state index in [9.17, 15) is 0 Å². The van der Waals surface area contributed by atoms with Crippen LogP contribution >= 0.6 is 0 Å². The summed E-state index contributed by atoms with van der Waals surface area (Å²) in [5.41, 5.74) is 4.43. The quantitative estimate of drug-likeness (QED) is 0.524. The van der Waals surface area contributed by atoms with Crippen molar-refractivity contribution in [3.63, 3.8) is 0 Å². The first-order valence-electron chi connectivity index (χ1n) is 10.2. The molecule has 1 unspecified atom stereocenters.